The molecular weight excluding hydrogens is 411 g/mol. The average molecular weight is 436 g/mol. The molecule has 3 N–H and O–H groups in total. The smallest absolute Gasteiger partial charge is 0.304 e. The quantitative estimate of drug-likeness (QED) is 0.497. The van der Waals surface area contributed by atoms with Crippen LogP contribution in [0.15, 0.2) is 55.0 Å². The Morgan fingerprint density at radius 1 is 1.31 bits per heavy atom. The number of aryl methyl sites for hydroxylation is 1. The fourth-order valence-corrected chi connectivity index (χ4v) is 3.87. The summed E-state index contributed by atoms with van der Waals surface area (Å²) in [5.41, 5.74) is 2.96. The molecule has 1 aromatic carbocycles. The highest BCUT2D eigenvalue weighted by Crippen LogP contribution is 2.24. The number of fused-ring (bicyclic) bond motifs is 1. The fourth-order valence-electron chi connectivity index (χ4n) is 3.87. The van der Waals surface area contributed by atoms with E-state index < -0.39 is 23.8 Å². The monoisotopic (exact) mass is 436 g/mol. The second kappa shape index (κ2) is 9.74. The van der Waals surface area contributed by atoms with Gasteiger partial charge in [0.25, 0.3) is 0 Å². The van der Waals surface area contributed by atoms with E-state index in [1.807, 2.05) is 12.1 Å². The van der Waals surface area contributed by atoms with Crippen LogP contribution in [0.25, 0.3) is 6.08 Å². The number of pyridine rings is 1. The van der Waals surface area contributed by atoms with Crippen LogP contribution in [-0.2, 0) is 17.8 Å². The van der Waals surface area contributed by atoms with Crippen LogP contribution in [0, 0.1) is 5.82 Å². The second-order valence-electron chi connectivity index (χ2n) is 7.92. The highest BCUT2D eigenvalue weighted by atomic mass is 19.1. The third kappa shape index (κ3) is 5.39. The normalized spacial score (nSPS) is 15.2. The summed E-state index contributed by atoms with van der Waals surface area (Å²) < 4.78 is 15.4. The van der Waals surface area contributed by atoms with E-state index in [4.69, 9.17) is 0 Å². The molecule has 0 bridgehead atoms. The van der Waals surface area contributed by atoms with Gasteiger partial charge in [0.15, 0.2) is 0 Å². The molecule has 2 aromatic heterocycles. The van der Waals surface area contributed by atoms with Gasteiger partial charge in [-0.15, -0.1) is 0 Å². The Labute approximate surface area is 185 Å². The van der Waals surface area contributed by atoms with Crippen molar-refractivity contribution in [3.63, 3.8) is 0 Å². The number of rotatable bonds is 8. The summed E-state index contributed by atoms with van der Waals surface area (Å²) in [5, 5.41) is 23.0. The Morgan fingerprint density at radius 2 is 2.19 bits per heavy atom. The molecule has 0 saturated heterocycles. The molecule has 1 aliphatic heterocycles. The van der Waals surface area contributed by atoms with Gasteiger partial charge in [-0.25, -0.2) is 14.4 Å². The Morgan fingerprint density at radius 3 is 3.00 bits per heavy atom. The number of nitrogens with one attached hydrogen (secondary N) is 1. The Bertz CT molecular complexity index is 1130. The second-order valence-corrected chi connectivity index (χ2v) is 7.92. The molecule has 0 fully saturated rings. The van der Waals surface area contributed by atoms with Crippen LogP contribution in [0.3, 0.4) is 0 Å². The zero-order valence-corrected chi connectivity index (χ0v) is 17.5. The predicted octanol–water partition coefficient (Wildman–Crippen LogP) is 3.78. The first-order valence-corrected chi connectivity index (χ1v) is 10.6. The lowest BCUT2D eigenvalue weighted by Crippen LogP contribution is -2.14. The number of halogens is 1. The van der Waals surface area contributed by atoms with Crippen molar-refractivity contribution in [1.29, 1.82) is 0 Å². The topological polar surface area (TPSA) is 100 Å². The number of carbonyl (C=O) groups is 1. The van der Waals surface area contributed by atoms with Gasteiger partial charge in [-0.3, -0.25) is 4.79 Å². The maximum Gasteiger partial charge on any atom is 0.304 e. The molecule has 2 unspecified atom stereocenters. The van der Waals surface area contributed by atoms with Gasteiger partial charge in [-0.1, -0.05) is 18.2 Å². The van der Waals surface area contributed by atoms with Crippen molar-refractivity contribution >= 4 is 17.9 Å². The summed E-state index contributed by atoms with van der Waals surface area (Å²) >= 11 is 0. The molecule has 7 nitrogen and oxygen atoms in total. The van der Waals surface area contributed by atoms with Crippen LogP contribution in [0.1, 0.15) is 47.4 Å². The maximum atomic E-state index is 13.6. The van der Waals surface area contributed by atoms with Gasteiger partial charge in [-0.2, -0.15) is 0 Å². The van der Waals surface area contributed by atoms with Gasteiger partial charge in [0.05, 0.1) is 24.1 Å². The SMILES string of the molecule is O=C(O)CC(Cn1cnc(C=CC(O)c2ccc3c(n2)NCCC3)c1)c1cccc(F)c1. The average Bonchev–Trinajstić information content (AvgIpc) is 3.23. The Kier molecular flexibility index (Phi) is 6.61. The van der Waals surface area contributed by atoms with E-state index in [2.05, 4.69) is 15.3 Å². The highest BCUT2D eigenvalue weighted by Gasteiger charge is 2.17. The van der Waals surface area contributed by atoms with Crippen molar-refractivity contribution in [3.05, 3.63) is 83.3 Å². The van der Waals surface area contributed by atoms with Crippen LogP contribution in [0.2, 0.25) is 0 Å². The number of aliphatic hydroxyl groups is 1. The van der Waals surface area contributed by atoms with E-state index in [1.165, 1.54) is 12.1 Å². The van der Waals surface area contributed by atoms with E-state index in [1.54, 1.807) is 41.4 Å². The molecule has 2 atom stereocenters. The van der Waals surface area contributed by atoms with Gasteiger partial charge in [0.1, 0.15) is 17.7 Å². The molecule has 4 rings (SSSR count). The first-order chi connectivity index (χ1) is 15.5. The van der Waals surface area contributed by atoms with Crippen LogP contribution >= 0.6 is 0 Å². The molecule has 0 aliphatic carbocycles. The van der Waals surface area contributed by atoms with Crippen LogP contribution in [0.4, 0.5) is 10.2 Å². The zero-order chi connectivity index (χ0) is 22.5. The van der Waals surface area contributed by atoms with Crippen molar-refractivity contribution in [3.8, 4) is 0 Å². The molecule has 3 aromatic rings. The van der Waals surface area contributed by atoms with E-state index >= 15 is 0 Å². The van der Waals surface area contributed by atoms with Gasteiger partial charge in [0, 0.05) is 25.2 Å². The summed E-state index contributed by atoms with van der Waals surface area (Å²) in [6.45, 7) is 1.22. The molecular formula is C24H25FN4O3. The molecule has 3 heterocycles. The van der Waals surface area contributed by atoms with Crippen LogP contribution in [-0.4, -0.2) is 37.3 Å². The van der Waals surface area contributed by atoms with Gasteiger partial charge < -0.3 is 20.1 Å². The van der Waals surface area contributed by atoms with Gasteiger partial charge in [0.2, 0.25) is 0 Å². The largest absolute Gasteiger partial charge is 0.481 e. The number of aromatic nitrogens is 3. The number of aliphatic carboxylic acids is 1. The summed E-state index contributed by atoms with van der Waals surface area (Å²) in [5.74, 6) is -0.916. The van der Waals surface area contributed by atoms with Crippen molar-refractivity contribution in [2.45, 2.75) is 37.8 Å². The molecule has 0 saturated carbocycles. The van der Waals surface area contributed by atoms with Crippen LogP contribution < -0.4 is 5.32 Å². The van der Waals surface area contributed by atoms with Gasteiger partial charge >= 0.3 is 5.97 Å². The first-order valence-electron chi connectivity index (χ1n) is 10.6. The molecule has 0 amide bonds. The Hall–Kier alpha value is -3.52. The molecule has 0 radical (unpaired) electrons. The number of nitrogens with zero attached hydrogens (tertiary/aromatic N) is 3. The fraction of sp³-hybridized carbons (Fsp3) is 0.292. The number of hydrogen-bond donors (Lipinski definition) is 3. The highest BCUT2D eigenvalue weighted by molar-refractivity contribution is 5.68. The van der Waals surface area contributed by atoms with Crippen molar-refractivity contribution in [2.24, 2.45) is 0 Å². The third-order valence-electron chi connectivity index (χ3n) is 5.49. The molecule has 166 valence electrons. The lowest BCUT2D eigenvalue weighted by Gasteiger charge is -2.18. The maximum absolute atomic E-state index is 13.6. The third-order valence-corrected chi connectivity index (χ3v) is 5.49. The van der Waals surface area contributed by atoms with E-state index in [0.29, 0.717) is 23.5 Å². The number of hydrogen-bond acceptors (Lipinski definition) is 5. The number of carboxylic acids is 1. The zero-order valence-electron chi connectivity index (χ0n) is 17.5. The minimum atomic E-state index is -0.949. The standard InChI is InChI=1S/C24H25FN4O3/c25-19-5-1-3-17(11-19)18(12-23(31)32)13-29-14-20(27-15-29)7-9-22(30)21-8-6-16-4-2-10-26-24(16)28-21/h1,3,5-9,11,14-15,18,22,30H,2,4,10,12-13H2,(H,26,28)(H,31,32). The van der Waals surface area contributed by atoms with Crippen molar-refractivity contribution in [2.75, 3.05) is 11.9 Å². The number of aliphatic hydroxyl groups excluding tert-OH is 1. The number of anilines is 1. The summed E-state index contributed by atoms with van der Waals surface area (Å²) in [6.07, 6.45) is 7.74. The minimum absolute atomic E-state index is 0.121. The van der Waals surface area contributed by atoms with E-state index in [-0.39, 0.29) is 6.42 Å². The number of carboxylic acid groups (broad SMARTS) is 1. The number of benzene rings is 1. The van der Waals surface area contributed by atoms with E-state index in [0.717, 1.165) is 30.8 Å². The van der Waals surface area contributed by atoms with Gasteiger partial charge in [-0.05, 0) is 54.3 Å². The molecule has 1 aliphatic rings. The minimum Gasteiger partial charge on any atom is -0.481 e. The van der Waals surface area contributed by atoms with E-state index in [9.17, 15) is 19.4 Å². The van der Waals surface area contributed by atoms with Crippen molar-refractivity contribution in [1.82, 2.24) is 14.5 Å². The molecule has 32 heavy (non-hydrogen) atoms. The predicted molar refractivity (Wildman–Crippen MR) is 119 cm³/mol. The first kappa shape index (κ1) is 21.7. The lowest BCUT2D eigenvalue weighted by atomic mass is 9.95. The summed E-state index contributed by atoms with van der Waals surface area (Å²) in [7, 11) is 0. The van der Waals surface area contributed by atoms with Crippen molar-refractivity contribution < 1.29 is 19.4 Å². The molecule has 0 spiro atoms. The number of imidazole rings is 1. The summed E-state index contributed by atoms with van der Waals surface area (Å²) in [4.78, 5) is 20.1. The Balaban J connectivity index is 1.44. The lowest BCUT2D eigenvalue weighted by molar-refractivity contribution is -0.137. The van der Waals surface area contributed by atoms with Crippen LogP contribution in [0.5, 0.6) is 0 Å². The summed E-state index contributed by atoms with van der Waals surface area (Å²) in [6, 6.07) is 9.82. The molecule has 8 heteroatoms.